The van der Waals surface area contributed by atoms with E-state index in [0.717, 1.165) is 37.2 Å². The van der Waals surface area contributed by atoms with Crippen molar-refractivity contribution in [3.63, 3.8) is 0 Å². The minimum Gasteiger partial charge on any atom is -0.495 e. The average Bonchev–Trinajstić information content (AvgIpc) is 2.39. The van der Waals surface area contributed by atoms with Crippen molar-refractivity contribution in [3.05, 3.63) is 23.8 Å². The van der Waals surface area contributed by atoms with E-state index in [2.05, 4.69) is 17.3 Å². The Kier molecular flexibility index (Phi) is 4.43. The molecule has 0 saturated carbocycles. The first-order valence-electron chi connectivity index (χ1n) is 6.74. The molecular formula is C15H22N2O2. The number of carbonyl (C=O) groups excluding carboxylic acids is 1. The molecule has 1 amide bonds. The molecule has 19 heavy (non-hydrogen) atoms. The van der Waals surface area contributed by atoms with Crippen LogP contribution in [0.15, 0.2) is 18.2 Å². The maximum atomic E-state index is 12.3. The summed E-state index contributed by atoms with van der Waals surface area (Å²) < 4.78 is 5.28. The number of hydrogen-bond acceptors (Lipinski definition) is 3. The number of aryl methyl sites for hydroxylation is 1. The summed E-state index contributed by atoms with van der Waals surface area (Å²) >= 11 is 0. The van der Waals surface area contributed by atoms with Crippen LogP contribution in [0.25, 0.3) is 0 Å². The highest BCUT2D eigenvalue weighted by Crippen LogP contribution is 2.26. The average molecular weight is 262 g/mol. The number of nitrogens with zero attached hydrogens (tertiary/aromatic N) is 1. The van der Waals surface area contributed by atoms with Crippen molar-refractivity contribution in [2.75, 3.05) is 32.6 Å². The van der Waals surface area contributed by atoms with Crippen molar-refractivity contribution >= 4 is 11.6 Å². The van der Waals surface area contributed by atoms with Crippen LogP contribution in [0.3, 0.4) is 0 Å². The summed E-state index contributed by atoms with van der Waals surface area (Å²) in [5.74, 6) is 0.877. The molecule has 1 heterocycles. The highest BCUT2D eigenvalue weighted by Gasteiger charge is 2.24. The zero-order chi connectivity index (χ0) is 13.8. The Balaban J connectivity index is 2.07. The highest BCUT2D eigenvalue weighted by atomic mass is 16.5. The Morgan fingerprint density at radius 1 is 1.47 bits per heavy atom. The third-order valence-corrected chi connectivity index (χ3v) is 3.61. The molecule has 0 unspecified atom stereocenters. The number of rotatable bonds is 3. The molecule has 1 atom stereocenters. The molecule has 4 nitrogen and oxygen atoms in total. The highest BCUT2D eigenvalue weighted by molar-refractivity contribution is 5.94. The molecule has 4 heteroatoms. The van der Waals surface area contributed by atoms with Gasteiger partial charge >= 0.3 is 0 Å². The van der Waals surface area contributed by atoms with E-state index in [1.54, 1.807) is 7.11 Å². The topological polar surface area (TPSA) is 41.6 Å². The smallest absolute Gasteiger partial charge is 0.228 e. The van der Waals surface area contributed by atoms with Gasteiger partial charge in [-0.05, 0) is 51.1 Å². The summed E-state index contributed by atoms with van der Waals surface area (Å²) in [6.07, 6.45) is 2.05. The van der Waals surface area contributed by atoms with Gasteiger partial charge in [0.2, 0.25) is 5.91 Å². The molecule has 104 valence electrons. The standard InChI is InChI=1S/C15H22N2O2/c1-11-6-7-14(19-3)13(9-11)16-15(18)12-5-4-8-17(2)10-12/h6-7,9,12H,4-5,8,10H2,1-3H3,(H,16,18)/t12-/m1/s1. The van der Waals surface area contributed by atoms with Gasteiger partial charge in [-0.1, -0.05) is 6.07 Å². The normalized spacial score (nSPS) is 20.1. The minimum atomic E-state index is 0.0731. The van der Waals surface area contributed by atoms with Gasteiger partial charge in [0.15, 0.2) is 0 Å². The third kappa shape index (κ3) is 3.47. The number of anilines is 1. The molecular weight excluding hydrogens is 240 g/mol. The third-order valence-electron chi connectivity index (χ3n) is 3.61. The summed E-state index contributed by atoms with van der Waals surface area (Å²) in [6, 6.07) is 5.81. The number of methoxy groups -OCH3 is 1. The number of likely N-dealkylation sites (tertiary alicyclic amines) is 1. The predicted octanol–water partition coefficient (Wildman–Crippen LogP) is 2.28. The van der Waals surface area contributed by atoms with Crippen LogP contribution in [0.2, 0.25) is 0 Å². The maximum Gasteiger partial charge on any atom is 0.228 e. The molecule has 1 N–H and O–H groups in total. The Morgan fingerprint density at radius 2 is 2.26 bits per heavy atom. The van der Waals surface area contributed by atoms with Crippen molar-refractivity contribution in [1.29, 1.82) is 0 Å². The van der Waals surface area contributed by atoms with Crippen LogP contribution in [0.5, 0.6) is 5.75 Å². The number of hydrogen-bond donors (Lipinski definition) is 1. The largest absolute Gasteiger partial charge is 0.495 e. The zero-order valence-corrected chi connectivity index (χ0v) is 11.9. The molecule has 1 aliphatic heterocycles. The van der Waals surface area contributed by atoms with Crippen molar-refractivity contribution in [2.45, 2.75) is 19.8 Å². The van der Waals surface area contributed by atoms with Gasteiger partial charge in [0, 0.05) is 6.54 Å². The fourth-order valence-electron chi connectivity index (χ4n) is 2.53. The first-order chi connectivity index (χ1) is 9.10. The quantitative estimate of drug-likeness (QED) is 0.908. The van der Waals surface area contributed by atoms with Gasteiger partial charge in [0.25, 0.3) is 0 Å². The van der Waals surface area contributed by atoms with E-state index in [1.807, 2.05) is 25.1 Å². The molecule has 0 bridgehead atoms. The Morgan fingerprint density at radius 3 is 2.95 bits per heavy atom. The van der Waals surface area contributed by atoms with E-state index < -0.39 is 0 Å². The van der Waals surface area contributed by atoms with E-state index >= 15 is 0 Å². The molecule has 1 fully saturated rings. The van der Waals surface area contributed by atoms with Crippen LogP contribution in [-0.2, 0) is 4.79 Å². The molecule has 2 rings (SSSR count). The first kappa shape index (κ1) is 13.9. The van der Waals surface area contributed by atoms with Crippen LogP contribution in [0.1, 0.15) is 18.4 Å². The summed E-state index contributed by atoms with van der Waals surface area (Å²) in [7, 11) is 3.68. The monoisotopic (exact) mass is 262 g/mol. The minimum absolute atomic E-state index is 0.0731. The fraction of sp³-hybridized carbons (Fsp3) is 0.533. The SMILES string of the molecule is COc1ccc(C)cc1NC(=O)[C@@H]1CCCN(C)C1. The van der Waals surface area contributed by atoms with Gasteiger partial charge in [-0.2, -0.15) is 0 Å². The van der Waals surface area contributed by atoms with Crippen LogP contribution in [0.4, 0.5) is 5.69 Å². The number of amides is 1. The summed E-state index contributed by atoms with van der Waals surface area (Å²) in [4.78, 5) is 14.5. The molecule has 0 aliphatic carbocycles. The lowest BCUT2D eigenvalue weighted by Crippen LogP contribution is -2.38. The van der Waals surface area contributed by atoms with E-state index in [4.69, 9.17) is 4.74 Å². The van der Waals surface area contributed by atoms with Crippen LogP contribution in [0, 0.1) is 12.8 Å². The fourth-order valence-corrected chi connectivity index (χ4v) is 2.53. The second-order valence-electron chi connectivity index (χ2n) is 5.29. The molecule has 0 aromatic heterocycles. The summed E-state index contributed by atoms with van der Waals surface area (Å²) in [5, 5.41) is 3.00. The lowest BCUT2D eigenvalue weighted by atomic mass is 9.97. The van der Waals surface area contributed by atoms with E-state index in [0.29, 0.717) is 5.75 Å². The number of piperidine rings is 1. The van der Waals surface area contributed by atoms with Gasteiger partial charge in [-0.3, -0.25) is 4.79 Å². The van der Waals surface area contributed by atoms with Crippen molar-refractivity contribution in [1.82, 2.24) is 4.90 Å². The number of nitrogens with one attached hydrogen (secondary N) is 1. The number of carbonyl (C=O) groups is 1. The van der Waals surface area contributed by atoms with Crippen LogP contribution >= 0.6 is 0 Å². The lowest BCUT2D eigenvalue weighted by Gasteiger charge is -2.28. The van der Waals surface area contributed by atoms with E-state index in [1.165, 1.54) is 0 Å². The Hall–Kier alpha value is -1.55. The summed E-state index contributed by atoms with van der Waals surface area (Å²) in [6.45, 7) is 3.92. The number of benzene rings is 1. The lowest BCUT2D eigenvalue weighted by molar-refractivity contribution is -0.121. The van der Waals surface area contributed by atoms with Gasteiger partial charge in [-0.25, -0.2) is 0 Å². The zero-order valence-electron chi connectivity index (χ0n) is 11.9. The first-order valence-corrected chi connectivity index (χ1v) is 6.74. The summed E-state index contributed by atoms with van der Waals surface area (Å²) in [5.41, 5.74) is 1.87. The molecule has 1 aliphatic rings. The van der Waals surface area contributed by atoms with Gasteiger partial charge in [-0.15, -0.1) is 0 Å². The van der Waals surface area contributed by atoms with Crippen LogP contribution < -0.4 is 10.1 Å². The predicted molar refractivity (Wildman–Crippen MR) is 76.6 cm³/mol. The molecule has 1 aromatic carbocycles. The molecule has 0 spiro atoms. The van der Waals surface area contributed by atoms with Gasteiger partial charge < -0.3 is 15.0 Å². The van der Waals surface area contributed by atoms with Crippen molar-refractivity contribution in [2.24, 2.45) is 5.92 Å². The van der Waals surface area contributed by atoms with Crippen LogP contribution in [-0.4, -0.2) is 38.1 Å². The Labute approximate surface area is 114 Å². The van der Waals surface area contributed by atoms with E-state index in [-0.39, 0.29) is 11.8 Å². The van der Waals surface area contributed by atoms with Crippen molar-refractivity contribution < 1.29 is 9.53 Å². The number of ether oxygens (including phenoxy) is 1. The Bertz CT molecular complexity index is 459. The molecule has 1 aromatic rings. The van der Waals surface area contributed by atoms with Gasteiger partial charge in [0.1, 0.15) is 5.75 Å². The second kappa shape index (κ2) is 6.06. The second-order valence-corrected chi connectivity index (χ2v) is 5.29. The molecule has 0 radical (unpaired) electrons. The molecule has 1 saturated heterocycles. The van der Waals surface area contributed by atoms with E-state index in [9.17, 15) is 4.79 Å². The van der Waals surface area contributed by atoms with Crippen molar-refractivity contribution in [3.8, 4) is 5.75 Å². The maximum absolute atomic E-state index is 12.3. The van der Waals surface area contributed by atoms with Gasteiger partial charge in [0.05, 0.1) is 18.7 Å².